The number of aromatic nitrogens is 6. The van der Waals surface area contributed by atoms with Crippen LogP contribution in [0.25, 0.3) is 5.65 Å². The Morgan fingerprint density at radius 2 is 2.13 bits per heavy atom. The average molecular weight is 319 g/mol. The van der Waals surface area contributed by atoms with Crippen LogP contribution in [0.4, 0.5) is 14.6 Å². The first-order valence-electron chi connectivity index (χ1n) is 7.45. The number of imidazole rings is 1. The summed E-state index contributed by atoms with van der Waals surface area (Å²) in [5.41, 5.74) is 0.326. The van der Waals surface area contributed by atoms with Crippen LogP contribution in [0.1, 0.15) is 31.1 Å². The number of nitrogens with zero attached hydrogens (tertiary/aromatic N) is 7. The van der Waals surface area contributed by atoms with Crippen molar-refractivity contribution in [1.82, 2.24) is 29.4 Å². The molecule has 3 aromatic heterocycles. The van der Waals surface area contributed by atoms with Gasteiger partial charge in [0, 0.05) is 25.5 Å². The number of piperidine rings is 1. The molecule has 3 aromatic rings. The van der Waals surface area contributed by atoms with Gasteiger partial charge in [-0.1, -0.05) is 0 Å². The van der Waals surface area contributed by atoms with Crippen molar-refractivity contribution in [3.63, 3.8) is 0 Å². The van der Waals surface area contributed by atoms with E-state index in [1.165, 1.54) is 0 Å². The standard InChI is InChI=1S/C14H15F2N7/c15-13(16)14-19-18-11-3-4-12(20-23(11)14)21-6-1-2-10(8-21)22-7-5-17-9-22/h3-5,7,9-10,13H,1-2,6,8H2. The molecule has 1 unspecified atom stereocenters. The van der Waals surface area contributed by atoms with Gasteiger partial charge in [0.15, 0.2) is 5.65 Å². The number of anilines is 1. The Morgan fingerprint density at radius 3 is 2.91 bits per heavy atom. The van der Waals surface area contributed by atoms with E-state index in [0.717, 1.165) is 30.4 Å². The van der Waals surface area contributed by atoms with Gasteiger partial charge < -0.3 is 9.47 Å². The lowest BCUT2D eigenvalue weighted by atomic mass is 10.1. The molecule has 4 rings (SSSR count). The number of alkyl halides is 2. The highest BCUT2D eigenvalue weighted by atomic mass is 19.3. The van der Waals surface area contributed by atoms with Crippen molar-refractivity contribution < 1.29 is 8.78 Å². The van der Waals surface area contributed by atoms with Crippen LogP contribution in [0.15, 0.2) is 30.9 Å². The molecule has 0 N–H and O–H groups in total. The summed E-state index contributed by atoms with van der Waals surface area (Å²) in [7, 11) is 0. The van der Waals surface area contributed by atoms with E-state index in [4.69, 9.17) is 0 Å². The van der Waals surface area contributed by atoms with Crippen molar-refractivity contribution in [3.05, 3.63) is 36.7 Å². The molecule has 0 amide bonds. The summed E-state index contributed by atoms with van der Waals surface area (Å²) in [6.07, 6.45) is 4.87. The van der Waals surface area contributed by atoms with Crippen LogP contribution in [0, 0.1) is 0 Å². The molecule has 0 radical (unpaired) electrons. The molecule has 1 fully saturated rings. The summed E-state index contributed by atoms with van der Waals surface area (Å²) < 4.78 is 29.1. The number of hydrogen-bond acceptors (Lipinski definition) is 5. The minimum atomic E-state index is -2.70. The van der Waals surface area contributed by atoms with Crippen molar-refractivity contribution in [3.8, 4) is 0 Å². The molecule has 23 heavy (non-hydrogen) atoms. The zero-order chi connectivity index (χ0) is 15.8. The maximum atomic E-state index is 13.0. The predicted octanol–water partition coefficient (Wildman–Crippen LogP) is 2.10. The molecule has 1 aliphatic rings. The van der Waals surface area contributed by atoms with E-state index in [1.54, 1.807) is 24.7 Å². The van der Waals surface area contributed by atoms with Crippen LogP contribution in [0.3, 0.4) is 0 Å². The van der Waals surface area contributed by atoms with Crippen LogP contribution in [-0.4, -0.2) is 42.5 Å². The number of halogens is 2. The molecule has 1 atom stereocenters. The van der Waals surface area contributed by atoms with E-state index >= 15 is 0 Å². The highest BCUT2D eigenvalue weighted by Crippen LogP contribution is 2.25. The molecule has 9 heteroatoms. The smallest absolute Gasteiger partial charge is 0.299 e. The molecule has 0 aliphatic carbocycles. The Morgan fingerprint density at radius 1 is 1.22 bits per heavy atom. The second kappa shape index (κ2) is 5.56. The lowest BCUT2D eigenvalue weighted by Crippen LogP contribution is -2.37. The third-order valence-electron chi connectivity index (χ3n) is 4.14. The molecule has 1 saturated heterocycles. The van der Waals surface area contributed by atoms with E-state index in [9.17, 15) is 8.78 Å². The number of fused-ring (bicyclic) bond motifs is 1. The first kappa shape index (κ1) is 14.0. The molecule has 0 spiro atoms. The van der Waals surface area contributed by atoms with Crippen molar-refractivity contribution in [2.45, 2.75) is 25.3 Å². The zero-order valence-electron chi connectivity index (χ0n) is 12.3. The van der Waals surface area contributed by atoms with Gasteiger partial charge in [0.05, 0.1) is 12.4 Å². The van der Waals surface area contributed by atoms with E-state index < -0.39 is 12.2 Å². The third-order valence-corrected chi connectivity index (χ3v) is 4.14. The Hall–Kier alpha value is -2.58. The number of hydrogen-bond donors (Lipinski definition) is 0. The van der Waals surface area contributed by atoms with E-state index in [1.807, 2.05) is 6.20 Å². The molecular weight excluding hydrogens is 304 g/mol. The Labute approximate surface area is 130 Å². The molecule has 0 bridgehead atoms. The van der Waals surface area contributed by atoms with Crippen LogP contribution in [-0.2, 0) is 0 Å². The number of rotatable bonds is 3. The van der Waals surface area contributed by atoms with Gasteiger partial charge >= 0.3 is 0 Å². The summed E-state index contributed by atoms with van der Waals surface area (Å²) in [5.74, 6) is 0.231. The van der Waals surface area contributed by atoms with Crippen LogP contribution >= 0.6 is 0 Å². The fourth-order valence-electron chi connectivity index (χ4n) is 2.99. The van der Waals surface area contributed by atoms with Crippen molar-refractivity contribution in [1.29, 1.82) is 0 Å². The van der Waals surface area contributed by atoms with Gasteiger partial charge in [0.25, 0.3) is 6.43 Å². The molecule has 120 valence electrons. The molecule has 4 heterocycles. The summed E-state index contributed by atoms with van der Waals surface area (Å²) in [6, 6.07) is 3.77. The summed E-state index contributed by atoms with van der Waals surface area (Å²) >= 11 is 0. The SMILES string of the molecule is FC(F)c1nnc2ccc(N3CCCC(n4ccnc4)C3)nn12. The first-order valence-corrected chi connectivity index (χ1v) is 7.45. The van der Waals surface area contributed by atoms with Gasteiger partial charge in [-0.2, -0.15) is 4.52 Å². The topological polar surface area (TPSA) is 64.1 Å². The minimum Gasteiger partial charge on any atom is -0.353 e. The highest BCUT2D eigenvalue weighted by molar-refractivity contribution is 5.46. The average Bonchev–Trinajstić information content (AvgIpc) is 3.24. The highest BCUT2D eigenvalue weighted by Gasteiger charge is 2.23. The molecular formula is C14H15F2N7. The largest absolute Gasteiger partial charge is 0.353 e. The zero-order valence-corrected chi connectivity index (χ0v) is 12.3. The van der Waals surface area contributed by atoms with Gasteiger partial charge in [-0.3, -0.25) is 0 Å². The maximum Gasteiger partial charge on any atom is 0.299 e. The quantitative estimate of drug-likeness (QED) is 0.740. The summed E-state index contributed by atoms with van der Waals surface area (Å²) in [6.45, 7) is 1.61. The third kappa shape index (κ3) is 2.51. The minimum absolute atomic E-state index is 0.305. The summed E-state index contributed by atoms with van der Waals surface area (Å²) in [4.78, 5) is 6.19. The van der Waals surface area contributed by atoms with E-state index in [2.05, 4.69) is 29.7 Å². The Bertz CT molecular complexity index is 799. The second-order valence-corrected chi connectivity index (χ2v) is 5.57. The van der Waals surface area contributed by atoms with Crippen molar-refractivity contribution in [2.75, 3.05) is 18.0 Å². The first-order chi connectivity index (χ1) is 11.2. The normalized spacial score (nSPS) is 18.9. The van der Waals surface area contributed by atoms with Crippen LogP contribution in [0.5, 0.6) is 0 Å². The second-order valence-electron chi connectivity index (χ2n) is 5.57. The molecule has 0 aromatic carbocycles. The lowest BCUT2D eigenvalue weighted by Gasteiger charge is -2.34. The molecule has 1 aliphatic heterocycles. The van der Waals surface area contributed by atoms with Crippen molar-refractivity contribution in [2.24, 2.45) is 0 Å². The lowest BCUT2D eigenvalue weighted by molar-refractivity contribution is 0.137. The maximum absolute atomic E-state index is 13.0. The Kier molecular flexibility index (Phi) is 3.40. The molecule has 0 saturated carbocycles. The fourth-order valence-corrected chi connectivity index (χ4v) is 2.99. The molecule has 7 nitrogen and oxygen atoms in total. The fraction of sp³-hybridized carbons (Fsp3) is 0.429. The van der Waals surface area contributed by atoms with Gasteiger partial charge in [-0.15, -0.1) is 15.3 Å². The van der Waals surface area contributed by atoms with E-state index in [0.29, 0.717) is 17.5 Å². The van der Waals surface area contributed by atoms with Gasteiger partial charge in [0.1, 0.15) is 5.82 Å². The van der Waals surface area contributed by atoms with Gasteiger partial charge in [-0.05, 0) is 25.0 Å². The predicted molar refractivity (Wildman–Crippen MR) is 78.5 cm³/mol. The van der Waals surface area contributed by atoms with Crippen LogP contribution < -0.4 is 4.90 Å². The van der Waals surface area contributed by atoms with Crippen molar-refractivity contribution >= 4 is 11.5 Å². The monoisotopic (exact) mass is 319 g/mol. The van der Waals surface area contributed by atoms with E-state index in [-0.39, 0.29) is 0 Å². The Balaban J connectivity index is 1.64. The van der Waals surface area contributed by atoms with Gasteiger partial charge in [-0.25, -0.2) is 13.8 Å². The van der Waals surface area contributed by atoms with Gasteiger partial charge in [0.2, 0.25) is 5.82 Å². The van der Waals surface area contributed by atoms with Crippen LogP contribution in [0.2, 0.25) is 0 Å². The summed E-state index contributed by atoms with van der Waals surface area (Å²) in [5, 5.41) is 11.5.